The third kappa shape index (κ3) is 3.43. The molecule has 5 heteroatoms. The van der Waals surface area contributed by atoms with Crippen LogP contribution in [0.3, 0.4) is 0 Å². The van der Waals surface area contributed by atoms with Crippen LogP contribution in [0.4, 0.5) is 0 Å². The Balaban J connectivity index is 2.03. The van der Waals surface area contributed by atoms with E-state index in [1.165, 1.54) is 30.0 Å². The van der Waals surface area contributed by atoms with Crippen molar-refractivity contribution in [3.05, 3.63) is 28.2 Å². The fourth-order valence-corrected chi connectivity index (χ4v) is 2.58. The minimum atomic E-state index is -0.226. The lowest BCUT2D eigenvalue weighted by Gasteiger charge is -2.31. The van der Waals surface area contributed by atoms with Gasteiger partial charge in [0.15, 0.2) is 0 Å². The highest BCUT2D eigenvalue weighted by Gasteiger charge is 2.22. The van der Waals surface area contributed by atoms with E-state index in [4.69, 9.17) is 0 Å². The highest BCUT2D eigenvalue weighted by atomic mass is 16.2. The maximum absolute atomic E-state index is 12.2. The maximum Gasteiger partial charge on any atom is 0.267 e. The van der Waals surface area contributed by atoms with E-state index < -0.39 is 0 Å². The first-order chi connectivity index (χ1) is 9.08. The molecule has 1 fully saturated rings. The Morgan fingerprint density at radius 3 is 2.74 bits per heavy atom. The van der Waals surface area contributed by atoms with E-state index >= 15 is 0 Å². The van der Waals surface area contributed by atoms with Gasteiger partial charge in [0, 0.05) is 19.2 Å². The first-order valence-corrected chi connectivity index (χ1v) is 6.88. The molecule has 0 saturated heterocycles. The Kier molecular flexibility index (Phi) is 4.35. The summed E-state index contributed by atoms with van der Waals surface area (Å²) in [5.74, 6) is -0.0351. The largest absolute Gasteiger partial charge is 0.341 e. The van der Waals surface area contributed by atoms with Gasteiger partial charge in [-0.25, -0.2) is 4.68 Å². The molecule has 1 aromatic heterocycles. The van der Waals surface area contributed by atoms with E-state index in [9.17, 15) is 9.59 Å². The van der Waals surface area contributed by atoms with Crippen molar-refractivity contribution in [1.82, 2.24) is 14.7 Å². The molecule has 1 aliphatic rings. The number of likely N-dealkylation sites (N-methyl/N-ethyl adjacent to an activating group) is 1. The van der Waals surface area contributed by atoms with Gasteiger partial charge in [-0.3, -0.25) is 9.59 Å². The average molecular weight is 263 g/mol. The lowest BCUT2D eigenvalue weighted by molar-refractivity contribution is -0.133. The van der Waals surface area contributed by atoms with Crippen LogP contribution in [0, 0.1) is 6.92 Å². The second-order valence-electron chi connectivity index (χ2n) is 5.27. The van der Waals surface area contributed by atoms with E-state index in [2.05, 4.69) is 5.10 Å². The summed E-state index contributed by atoms with van der Waals surface area (Å²) in [5, 5.41) is 4.10. The molecule has 2 rings (SSSR count). The number of aryl methyl sites for hydroxylation is 1. The Morgan fingerprint density at radius 1 is 1.37 bits per heavy atom. The third-order valence-electron chi connectivity index (χ3n) is 3.80. The van der Waals surface area contributed by atoms with Crippen LogP contribution in [0.5, 0.6) is 0 Å². The normalized spacial score (nSPS) is 16.3. The molecule has 0 radical (unpaired) electrons. The van der Waals surface area contributed by atoms with E-state index in [0.29, 0.717) is 6.04 Å². The van der Waals surface area contributed by atoms with Gasteiger partial charge < -0.3 is 4.90 Å². The molecule has 0 aromatic carbocycles. The topological polar surface area (TPSA) is 55.2 Å². The van der Waals surface area contributed by atoms with Crippen LogP contribution in [0.1, 0.15) is 37.8 Å². The Hall–Kier alpha value is -1.65. The van der Waals surface area contributed by atoms with Crippen LogP contribution in [0.25, 0.3) is 0 Å². The first kappa shape index (κ1) is 13.8. The standard InChI is InChI=1S/C14H21N3O2/c1-11-8-9-13(18)17(15-11)10-14(19)16(2)12-6-4-3-5-7-12/h8-9,12H,3-7,10H2,1-2H3. The fourth-order valence-electron chi connectivity index (χ4n) is 2.58. The Bertz CT molecular complexity index is 504. The molecular formula is C14H21N3O2. The van der Waals surface area contributed by atoms with Gasteiger partial charge in [-0.15, -0.1) is 0 Å². The van der Waals surface area contributed by atoms with E-state index in [1.54, 1.807) is 11.0 Å². The zero-order valence-corrected chi connectivity index (χ0v) is 11.6. The predicted octanol–water partition coefficient (Wildman–Crippen LogP) is 1.34. The van der Waals surface area contributed by atoms with Crippen LogP contribution >= 0.6 is 0 Å². The molecule has 0 N–H and O–H groups in total. The molecule has 19 heavy (non-hydrogen) atoms. The molecule has 1 saturated carbocycles. The quantitative estimate of drug-likeness (QED) is 0.827. The van der Waals surface area contributed by atoms with Gasteiger partial charge in [-0.2, -0.15) is 5.10 Å². The molecule has 1 heterocycles. The monoisotopic (exact) mass is 263 g/mol. The summed E-state index contributed by atoms with van der Waals surface area (Å²) < 4.78 is 1.25. The molecule has 5 nitrogen and oxygen atoms in total. The lowest BCUT2D eigenvalue weighted by Crippen LogP contribution is -2.41. The van der Waals surface area contributed by atoms with Gasteiger partial charge in [0.05, 0.1) is 5.69 Å². The summed E-state index contributed by atoms with van der Waals surface area (Å²) in [5.41, 5.74) is 0.517. The zero-order chi connectivity index (χ0) is 13.8. The highest BCUT2D eigenvalue weighted by molar-refractivity contribution is 5.75. The van der Waals surface area contributed by atoms with Crippen LogP contribution in [-0.4, -0.2) is 33.7 Å². The molecule has 0 atom stereocenters. The number of aromatic nitrogens is 2. The second kappa shape index (κ2) is 5.99. The minimum Gasteiger partial charge on any atom is -0.341 e. The number of carbonyl (C=O) groups excluding carboxylic acids is 1. The number of nitrogens with zero attached hydrogens (tertiary/aromatic N) is 3. The van der Waals surface area contributed by atoms with Crippen LogP contribution in [0.15, 0.2) is 16.9 Å². The van der Waals surface area contributed by atoms with Crippen molar-refractivity contribution in [1.29, 1.82) is 0 Å². The summed E-state index contributed by atoms with van der Waals surface area (Å²) in [6.07, 6.45) is 5.77. The summed E-state index contributed by atoms with van der Waals surface area (Å²) in [6.45, 7) is 1.85. The van der Waals surface area contributed by atoms with E-state index in [1.807, 2.05) is 14.0 Å². The van der Waals surface area contributed by atoms with Crippen molar-refractivity contribution in [3.63, 3.8) is 0 Å². The van der Waals surface area contributed by atoms with Gasteiger partial charge in [0.2, 0.25) is 5.91 Å². The molecule has 0 aliphatic heterocycles. The fraction of sp³-hybridized carbons (Fsp3) is 0.643. The van der Waals surface area contributed by atoms with E-state index in [0.717, 1.165) is 18.5 Å². The Morgan fingerprint density at radius 2 is 2.05 bits per heavy atom. The second-order valence-corrected chi connectivity index (χ2v) is 5.27. The number of carbonyl (C=O) groups is 1. The van der Waals surface area contributed by atoms with Crippen molar-refractivity contribution in [2.45, 2.75) is 51.6 Å². The van der Waals surface area contributed by atoms with Gasteiger partial charge >= 0.3 is 0 Å². The van der Waals surface area contributed by atoms with Crippen LogP contribution in [0.2, 0.25) is 0 Å². The smallest absolute Gasteiger partial charge is 0.267 e. The molecule has 0 bridgehead atoms. The van der Waals surface area contributed by atoms with Gasteiger partial charge in [0.1, 0.15) is 6.54 Å². The average Bonchev–Trinajstić information content (AvgIpc) is 2.43. The lowest BCUT2D eigenvalue weighted by atomic mass is 9.94. The molecular weight excluding hydrogens is 242 g/mol. The number of amides is 1. The van der Waals surface area contributed by atoms with Crippen molar-refractivity contribution in [2.24, 2.45) is 0 Å². The minimum absolute atomic E-state index is 0.0351. The summed E-state index contributed by atoms with van der Waals surface area (Å²) in [6, 6.07) is 3.44. The molecule has 1 aliphatic carbocycles. The third-order valence-corrected chi connectivity index (χ3v) is 3.80. The molecule has 1 aromatic rings. The summed E-state index contributed by atoms with van der Waals surface area (Å²) >= 11 is 0. The molecule has 0 unspecified atom stereocenters. The van der Waals surface area contributed by atoms with Gasteiger partial charge in [-0.05, 0) is 25.8 Å². The molecule has 0 spiro atoms. The van der Waals surface area contributed by atoms with Crippen molar-refractivity contribution >= 4 is 5.91 Å². The van der Waals surface area contributed by atoms with Crippen LogP contribution < -0.4 is 5.56 Å². The molecule has 1 amide bonds. The number of hydrogen-bond donors (Lipinski definition) is 0. The number of rotatable bonds is 3. The van der Waals surface area contributed by atoms with Crippen LogP contribution in [-0.2, 0) is 11.3 Å². The zero-order valence-electron chi connectivity index (χ0n) is 11.6. The summed E-state index contributed by atoms with van der Waals surface area (Å²) in [4.78, 5) is 25.6. The SMILES string of the molecule is Cc1ccc(=O)n(CC(=O)N(C)C2CCCCC2)n1. The summed E-state index contributed by atoms with van der Waals surface area (Å²) in [7, 11) is 1.83. The van der Waals surface area contributed by atoms with E-state index in [-0.39, 0.29) is 18.0 Å². The molecule has 104 valence electrons. The highest BCUT2D eigenvalue weighted by Crippen LogP contribution is 2.21. The Labute approximate surface area is 113 Å². The van der Waals surface area contributed by atoms with Crippen molar-refractivity contribution < 1.29 is 4.79 Å². The maximum atomic E-state index is 12.2. The van der Waals surface area contributed by atoms with Gasteiger partial charge in [-0.1, -0.05) is 19.3 Å². The van der Waals surface area contributed by atoms with Crippen molar-refractivity contribution in [2.75, 3.05) is 7.05 Å². The predicted molar refractivity (Wildman–Crippen MR) is 72.9 cm³/mol. The van der Waals surface area contributed by atoms with Crippen molar-refractivity contribution in [3.8, 4) is 0 Å². The van der Waals surface area contributed by atoms with Gasteiger partial charge in [0.25, 0.3) is 5.56 Å². The first-order valence-electron chi connectivity index (χ1n) is 6.88. The number of hydrogen-bond acceptors (Lipinski definition) is 3.